The number of anilines is 2. The standard InChI is InChI=1S/C5H7BN4/c6-4-3-5(9-1-7-3)10-2-8-4/h2,7H,1,6H2,(H,8,9,10). The largest absolute Gasteiger partial charge is 0.364 e. The summed E-state index contributed by atoms with van der Waals surface area (Å²) in [4.78, 5) is 8.07. The number of aromatic nitrogens is 2. The summed E-state index contributed by atoms with van der Waals surface area (Å²) in [6.45, 7) is 0.759. The van der Waals surface area contributed by atoms with Crippen LogP contribution in [0.3, 0.4) is 0 Å². The molecule has 10 heavy (non-hydrogen) atoms. The molecule has 0 aromatic carbocycles. The van der Waals surface area contributed by atoms with Gasteiger partial charge in [-0.3, -0.25) is 0 Å². The number of fused-ring (bicyclic) bond motifs is 1. The van der Waals surface area contributed by atoms with Crippen molar-refractivity contribution in [1.29, 1.82) is 0 Å². The van der Waals surface area contributed by atoms with Gasteiger partial charge in [-0.05, 0) is 0 Å². The molecule has 0 atom stereocenters. The normalized spacial score (nSPS) is 13.6. The molecular formula is C5H7BN4. The van der Waals surface area contributed by atoms with Crippen LogP contribution in [0.5, 0.6) is 0 Å². The van der Waals surface area contributed by atoms with E-state index >= 15 is 0 Å². The third-order valence-corrected chi connectivity index (χ3v) is 1.56. The van der Waals surface area contributed by atoms with Crippen LogP contribution >= 0.6 is 0 Å². The van der Waals surface area contributed by atoms with Gasteiger partial charge in [0.15, 0.2) is 13.7 Å². The molecule has 5 heteroatoms. The molecule has 0 radical (unpaired) electrons. The zero-order chi connectivity index (χ0) is 6.97. The van der Waals surface area contributed by atoms with Crippen LogP contribution in [-0.2, 0) is 0 Å². The van der Waals surface area contributed by atoms with Crippen molar-refractivity contribution >= 4 is 24.9 Å². The van der Waals surface area contributed by atoms with Crippen molar-refractivity contribution in [2.45, 2.75) is 0 Å². The van der Waals surface area contributed by atoms with Gasteiger partial charge in [0.1, 0.15) is 6.33 Å². The van der Waals surface area contributed by atoms with Gasteiger partial charge in [-0.25, -0.2) is 9.97 Å². The van der Waals surface area contributed by atoms with Crippen LogP contribution in [0.25, 0.3) is 0 Å². The Balaban J connectivity index is 2.59. The highest BCUT2D eigenvalue weighted by Gasteiger charge is 2.11. The van der Waals surface area contributed by atoms with Crippen molar-refractivity contribution in [3.05, 3.63) is 6.33 Å². The van der Waals surface area contributed by atoms with E-state index in [0.717, 1.165) is 23.8 Å². The van der Waals surface area contributed by atoms with E-state index in [9.17, 15) is 0 Å². The molecule has 1 aliphatic heterocycles. The smallest absolute Gasteiger partial charge is 0.167 e. The van der Waals surface area contributed by atoms with E-state index in [1.165, 1.54) is 0 Å². The van der Waals surface area contributed by atoms with Crippen LogP contribution < -0.4 is 16.2 Å². The summed E-state index contributed by atoms with van der Waals surface area (Å²) >= 11 is 0. The van der Waals surface area contributed by atoms with E-state index in [1.54, 1.807) is 6.33 Å². The molecule has 1 aromatic heterocycles. The number of nitrogens with zero attached hydrogens (tertiary/aromatic N) is 2. The monoisotopic (exact) mass is 134 g/mol. The van der Waals surface area contributed by atoms with Gasteiger partial charge in [-0.1, -0.05) is 0 Å². The first-order valence-corrected chi connectivity index (χ1v) is 3.17. The lowest BCUT2D eigenvalue weighted by atomic mass is 10.0. The molecule has 1 aliphatic rings. The van der Waals surface area contributed by atoms with Crippen molar-refractivity contribution < 1.29 is 0 Å². The van der Waals surface area contributed by atoms with Gasteiger partial charge in [0, 0.05) is 5.59 Å². The Morgan fingerprint density at radius 3 is 3.10 bits per heavy atom. The number of hydrogen-bond acceptors (Lipinski definition) is 4. The minimum absolute atomic E-state index is 0.759. The van der Waals surface area contributed by atoms with E-state index in [-0.39, 0.29) is 0 Å². The Morgan fingerprint density at radius 1 is 1.40 bits per heavy atom. The van der Waals surface area contributed by atoms with Crippen LogP contribution in [0, 0.1) is 0 Å². The molecule has 0 fully saturated rings. The molecular weight excluding hydrogens is 127 g/mol. The predicted octanol–water partition coefficient (Wildman–Crippen LogP) is -1.47. The minimum Gasteiger partial charge on any atom is -0.364 e. The first kappa shape index (κ1) is 5.52. The minimum atomic E-state index is 0.759. The molecule has 0 aliphatic carbocycles. The van der Waals surface area contributed by atoms with E-state index < -0.39 is 0 Å². The van der Waals surface area contributed by atoms with Gasteiger partial charge in [0.05, 0.1) is 12.4 Å². The summed E-state index contributed by atoms with van der Waals surface area (Å²) in [5.41, 5.74) is 2.03. The molecule has 50 valence electrons. The average Bonchev–Trinajstić information content (AvgIpc) is 2.36. The highest BCUT2D eigenvalue weighted by atomic mass is 15.2. The summed E-state index contributed by atoms with van der Waals surface area (Å²) in [6, 6.07) is 0. The first-order valence-electron chi connectivity index (χ1n) is 3.17. The van der Waals surface area contributed by atoms with E-state index in [2.05, 4.69) is 20.6 Å². The first-order chi connectivity index (χ1) is 4.88. The van der Waals surface area contributed by atoms with Gasteiger partial charge >= 0.3 is 0 Å². The van der Waals surface area contributed by atoms with Crippen molar-refractivity contribution in [2.75, 3.05) is 17.3 Å². The Kier molecular flexibility index (Phi) is 1.03. The van der Waals surface area contributed by atoms with Crippen LogP contribution in [0.2, 0.25) is 0 Å². The molecule has 0 saturated heterocycles. The average molecular weight is 134 g/mol. The molecule has 0 spiro atoms. The van der Waals surface area contributed by atoms with E-state index in [0.29, 0.717) is 0 Å². The van der Waals surface area contributed by atoms with Crippen LogP contribution in [0.4, 0.5) is 11.5 Å². The third-order valence-electron chi connectivity index (χ3n) is 1.56. The molecule has 0 unspecified atom stereocenters. The fourth-order valence-corrected chi connectivity index (χ4v) is 1.04. The SMILES string of the molecule is Bc1ncnc2c1NCN2. The van der Waals surface area contributed by atoms with Gasteiger partial charge in [0.2, 0.25) is 0 Å². The zero-order valence-electron chi connectivity index (χ0n) is 5.68. The Morgan fingerprint density at radius 2 is 2.30 bits per heavy atom. The fourth-order valence-electron chi connectivity index (χ4n) is 1.04. The Labute approximate surface area is 59.5 Å². The van der Waals surface area contributed by atoms with Crippen molar-refractivity contribution in [1.82, 2.24) is 9.97 Å². The summed E-state index contributed by atoms with van der Waals surface area (Å²) < 4.78 is 0. The molecule has 0 amide bonds. The van der Waals surface area contributed by atoms with Crippen LogP contribution in [0.1, 0.15) is 0 Å². The van der Waals surface area contributed by atoms with Crippen molar-refractivity contribution in [2.24, 2.45) is 0 Å². The maximum Gasteiger partial charge on any atom is 0.167 e. The second-order valence-electron chi connectivity index (χ2n) is 2.21. The number of nitrogens with one attached hydrogen (secondary N) is 2. The lowest BCUT2D eigenvalue weighted by Gasteiger charge is -1.98. The van der Waals surface area contributed by atoms with Crippen molar-refractivity contribution in [3.8, 4) is 0 Å². The summed E-state index contributed by atoms with van der Waals surface area (Å²) in [6.07, 6.45) is 1.56. The van der Waals surface area contributed by atoms with Crippen molar-refractivity contribution in [3.63, 3.8) is 0 Å². The molecule has 1 aromatic rings. The number of hydrogen-bond donors (Lipinski definition) is 2. The molecule has 0 saturated carbocycles. The molecule has 4 nitrogen and oxygen atoms in total. The summed E-state index contributed by atoms with van der Waals surface area (Å²) in [5, 5.41) is 6.21. The second-order valence-corrected chi connectivity index (χ2v) is 2.21. The predicted molar refractivity (Wildman–Crippen MR) is 42.3 cm³/mol. The zero-order valence-corrected chi connectivity index (χ0v) is 5.68. The molecule has 2 N–H and O–H groups in total. The van der Waals surface area contributed by atoms with Crippen LogP contribution in [0.15, 0.2) is 6.33 Å². The quantitative estimate of drug-likeness (QED) is 0.425. The molecule has 2 rings (SSSR count). The van der Waals surface area contributed by atoms with Gasteiger partial charge < -0.3 is 10.6 Å². The summed E-state index contributed by atoms with van der Waals surface area (Å²) in [5.74, 6) is 0.910. The lowest BCUT2D eigenvalue weighted by Crippen LogP contribution is -2.12. The maximum atomic E-state index is 4.04. The lowest BCUT2D eigenvalue weighted by molar-refractivity contribution is 1.20. The fraction of sp³-hybridized carbons (Fsp3) is 0.200. The van der Waals surface area contributed by atoms with E-state index in [4.69, 9.17) is 0 Å². The van der Waals surface area contributed by atoms with E-state index in [1.807, 2.05) is 7.85 Å². The summed E-state index contributed by atoms with van der Waals surface area (Å²) in [7, 11) is 1.96. The maximum absolute atomic E-state index is 4.04. The second kappa shape index (κ2) is 1.87. The van der Waals surface area contributed by atoms with Gasteiger partial charge in [-0.15, -0.1) is 0 Å². The highest BCUT2D eigenvalue weighted by Crippen LogP contribution is 2.17. The third kappa shape index (κ3) is 0.634. The molecule has 0 bridgehead atoms. The topological polar surface area (TPSA) is 49.8 Å². The van der Waals surface area contributed by atoms with Gasteiger partial charge in [-0.2, -0.15) is 0 Å². The number of rotatable bonds is 0. The Bertz CT molecular complexity index is 262. The molecule has 2 heterocycles. The van der Waals surface area contributed by atoms with Gasteiger partial charge in [0.25, 0.3) is 0 Å². The highest BCUT2D eigenvalue weighted by molar-refractivity contribution is 6.35. The Hall–Kier alpha value is -1.26. The van der Waals surface area contributed by atoms with Crippen LogP contribution in [-0.4, -0.2) is 24.5 Å².